The second-order valence-electron chi connectivity index (χ2n) is 12.6. The van der Waals surface area contributed by atoms with E-state index in [4.69, 9.17) is 0 Å². The zero-order valence-corrected chi connectivity index (χ0v) is 22.3. The molecule has 9 nitrogen and oxygen atoms in total. The van der Waals surface area contributed by atoms with E-state index in [1.165, 1.54) is 0 Å². The lowest BCUT2D eigenvalue weighted by Gasteiger charge is -2.32. The molecule has 4 amide bonds. The van der Waals surface area contributed by atoms with Crippen molar-refractivity contribution >= 4 is 23.6 Å². The molecule has 12 heteroatoms. The van der Waals surface area contributed by atoms with Crippen LogP contribution in [-0.4, -0.2) is 53.5 Å². The number of nitriles is 1. The van der Waals surface area contributed by atoms with Crippen LogP contribution in [0, 0.1) is 28.1 Å². The molecule has 1 spiro atoms. The maximum Gasteiger partial charge on any atom is 0.471 e. The van der Waals surface area contributed by atoms with Crippen LogP contribution in [0.1, 0.15) is 80.1 Å². The van der Waals surface area contributed by atoms with E-state index >= 15 is 0 Å². The number of nitrogens with zero attached hydrogens (tertiary/aromatic N) is 1. The zero-order valence-electron chi connectivity index (χ0n) is 22.3. The summed E-state index contributed by atoms with van der Waals surface area (Å²) in [6.07, 6.45) is -2.84. The first-order valence-electron chi connectivity index (χ1n) is 12.4. The summed E-state index contributed by atoms with van der Waals surface area (Å²) in [7, 11) is 0. The smallest absolute Gasteiger partial charge is 0.350 e. The molecule has 1 saturated carbocycles. The Bertz CT molecular complexity index is 942. The number of hydrogen-bond acceptors (Lipinski definition) is 5. The standard InChI is InChI=1S/C25H38F3N5O4/c1-22(2,3)12-16(31-18(34)10-17(23(4,5)6)32-21(37)25(26,27)28)20(36)30-15(13-29)9-14-11-24(7-8-24)33-19(14)35/h14-17H,7-12H2,1-6H3,(H,30,36)(H,31,34)(H,32,37)(H,33,35)/t14-,15+,16+,17-/m1/s1. The minimum atomic E-state index is -5.10. The van der Waals surface area contributed by atoms with Crippen LogP contribution in [-0.2, 0) is 19.2 Å². The first-order chi connectivity index (χ1) is 16.7. The number of nitrogens with one attached hydrogen (secondary N) is 4. The third kappa shape index (κ3) is 9.20. The van der Waals surface area contributed by atoms with Gasteiger partial charge in [-0.2, -0.15) is 18.4 Å². The molecular weight excluding hydrogens is 491 g/mol. The highest BCUT2D eigenvalue weighted by Crippen LogP contribution is 2.46. The Labute approximate surface area is 215 Å². The highest BCUT2D eigenvalue weighted by molar-refractivity contribution is 5.89. The van der Waals surface area contributed by atoms with Crippen LogP contribution >= 0.6 is 0 Å². The highest BCUT2D eigenvalue weighted by atomic mass is 19.4. The van der Waals surface area contributed by atoms with Crippen molar-refractivity contribution < 1.29 is 32.3 Å². The van der Waals surface area contributed by atoms with Gasteiger partial charge < -0.3 is 21.3 Å². The van der Waals surface area contributed by atoms with Crippen LogP contribution < -0.4 is 21.3 Å². The van der Waals surface area contributed by atoms with Crippen LogP contribution in [0.3, 0.4) is 0 Å². The Morgan fingerprint density at radius 1 is 1.08 bits per heavy atom. The van der Waals surface area contributed by atoms with Gasteiger partial charge in [-0.25, -0.2) is 0 Å². The molecule has 1 heterocycles. The predicted molar refractivity (Wildman–Crippen MR) is 128 cm³/mol. The minimum absolute atomic E-state index is 0.138. The van der Waals surface area contributed by atoms with Gasteiger partial charge in [0.1, 0.15) is 12.1 Å². The second-order valence-corrected chi connectivity index (χ2v) is 12.6. The van der Waals surface area contributed by atoms with Crippen molar-refractivity contribution in [1.82, 2.24) is 21.3 Å². The average molecular weight is 530 g/mol. The summed E-state index contributed by atoms with van der Waals surface area (Å²) in [6.45, 7) is 10.3. The van der Waals surface area contributed by atoms with Crippen molar-refractivity contribution in [3.8, 4) is 6.07 Å². The molecule has 0 bridgehead atoms. The molecule has 1 aliphatic heterocycles. The summed E-state index contributed by atoms with van der Waals surface area (Å²) >= 11 is 0. The Kier molecular flexibility index (Phi) is 8.93. The lowest BCUT2D eigenvalue weighted by atomic mass is 9.84. The molecule has 0 aromatic rings. The molecule has 2 fully saturated rings. The van der Waals surface area contributed by atoms with Crippen LogP contribution in [0.5, 0.6) is 0 Å². The van der Waals surface area contributed by atoms with E-state index in [0.29, 0.717) is 6.42 Å². The fraction of sp³-hybridized carbons (Fsp3) is 0.800. The largest absolute Gasteiger partial charge is 0.471 e. The SMILES string of the molecule is CC(C)(C)C[C@H](NC(=O)C[C@@H](NC(=O)C(F)(F)F)C(C)(C)C)C(=O)N[C@H](C#N)C[C@@H]1CC2(CC2)NC1=O. The molecule has 0 aromatic heterocycles. The lowest BCUT2D eigenvalue weighted by Crippen LogP contribution is -2.54. The van der Waals surface area contributed by atoms with E-state index in [9.17, 15) is 37.6 Å². The van der Waals surface area contributed by atoms with Crippen molar-refractivity contribution in [2.24, 2.45) is 16.7 Å². The Morgan fingerprint density at radius 3 is 2.11 bits per heavy atom. The molecule has 0 radical (unpaired) electrons. The summed E-state index contributed by atoms with van der Waals surface area (Å²) in [5.41, 5.74) is -1.47. The molecule has 2 aliphatic rings. The van der Waals surface area contributed by atoms with Gasteiger partial charge in [-0.05, 0) is 42.9 Å². The normalized spacial score (nSPS) is 21.3. The first-order valence-corrected chi connectivity index (χ1v) is 12.4. The molecule has 2 rings (SSSR count). The number of hydrogen-bond donors (Lipinski definition) is 4. The number of amides is 4. The molecule has 1 saturated heterocycles. The van der Waals surface area contributed by atoms with E-state index < -0.39 is 65.2 Å². The third-order valence-electron chi connectivity index (χ3n) is 6.71. The van der Waals surface area contributed by atoms with Crippen molar-refractivity contribution in [2.45, 2.75) is 110 Å². The van der Waals surface area contributed by atoms with Gasteiger partial charge >= 0.3 is 12.1 Å². The van der Waals surface area contributed by atoms with E-state index in [1.54, 1.807) is 20.8 Å². The molecule has 0 unspecified atom stereocenters. The number of carbonyl (C=O) groups is 4. The summed E-state index contributed by atoms with van der Waals surface area (Å²) in [6, 6.07) is -1.17. The number of carbonyl (C=O) groups excluding carboxylic acids is 4. The molecule has 208 valence electrons. The van der Waals surface area contributed by atoms with Crippen molar-refractivity contribution in [3.63, 3.8) is 0 Å². The van der Waals surface area contributed by atoms with Crippen LogP contribution in [0.2, 0.25) is 0 Å². The maximum absolute atomic E-state index is 13.1. The van der Waals surface area contributed by atoms with Crippen LogP contribution in [0.15, 0.2) is 0 Å². The van der Waals surface area contributed by atoms with E-state index in [1.807, 2.05) is 32.2 Å². The maximum atomic E-state index is 13.1. The summed E-state index contributed by atoms with van der Waals surface area (Å²) in [5.74, 6) is -4.02. The Balaban J connectivity index is 2.07. The number of rotatable bonds is 9. The highest BCUT2D eigenvalue weighted by Gasteiger charge is 2.52. The Morgan fingerprint density at radius 2 is 1.68 bits per heavy atom. The first kappa shape index (κ1) is 30.4. The fourth-order valence-electron chi connectivity index (χ4n) is 4.42. The molecule has 1 aliphatic carbocycles. The van der Waals surface area contributed by atoms with Crippen molar-refractivity contribution in [2.75, 3.05) is 0 Å². The van der Waals surface area contributed by atoms with Gasteiger partial charge in [0.05, 0.1) is 6.07 Å². The molecule has 0 aromatic carbocycles. The van der Waals surface area contributed by atoms with E-state index in [0.717, 1.165) is 12.8 Å². The van der Waals surface area contributed by atoms with Gasteiger partial charge in [0, 0.05) is 23.9 Å². The topological polar surface area (TPSA) is 140 Å². The van der Waals surface area contributed by atoms with E-state index in [-0.39, 0.29) is 24.3 Å². The minimum Gasteiger partial charge on any atom is -0.350 e. The molecule has 4 N–H and O–H groups in total. The van der Waals surface area contributed by atoms with Gasteiger partial charge in [-0.1, -0.05) is 41.5 Å². The average Bonchev–Trinajstić information content (AvgIpc) is 3.39. The van der Waals surface area contributed by atoms with Crippen LogP contribution in [0.4, 0.5) is 13.2 Å². The fourth-order valence-corrected chi connectivity index (χ4v) is 4.42. The Hall–Kier alpha value is -2.84. The van der Waals surface area contributed by atoms with Crippen molar-refractivity contribution in [1.29, 1.82) is 5.26 Å². The zero-order chi connectivity index (χ0) is 28.4. The summed E-state index contributed by atoms with van der Waals surface area (Å²) in [4.78, 5) is 49.7. The van der Waals surface area contributed by atoms with Gasteiger partial charge in [0.15, 0.2) is 0 Å². The van der Waals surface area contributed by atoms with Gasteiger partial charge in [-0.3, -0.25) is 19.2 Å². The lowest BCUT2D eigenvalue weighted by molar-refractivity contribution is -0.175. The van der Waals surface area contributed by atoms with E-state index in [2.05, 4.69) is 16.0 Å². The van der Waals surface area contributed by atoms with Gasteiger partial charge in [0.2, 0.25) is 17.7 Å². The molecular formula is C25H38F3N5O4. The van der Waals surface area contributed by atoms with Crippen molar-refractivity contribution in [3.05, 3.63) is 0 Å². The third-order valence-corrected chi connectivity index (χ3v) is 6.71. The number of halogens is 3. The van der Waals surface area contributed by atoms with Gasteiger partial charge in [0.25, 0.3) is 0 Å². The van der Waals surface area contributed by atoms with Crippen LogP contribution in [0.25, 0.3) is 0 Å². The quantitative estimate of drug-likeness (QED) is 0.363. The number of alkyl halides is 3. The molecule has 4 atom stereocenters. The monoisotopic (exact) mass is 529 g/mol. The molecule has 37 heavy (non-hydrogen) atoms. The van der Waals surface area contributed by atoms with Gasteiger partial charge in [-0.15, -0.1) is 0 Å². The summed E-state index contributed by atoms with van der Waals surface area (Å²) < 4.78 is 38.4. The predicted octanol–water partition coefficient (Wildman–Crippen LogP) is 2.46. The summed E-state index contributed by atoms with van der Waals surface area (Å²) in [5, 5.41) is 19.6. The second kappa shape index (κ2) is 10.9.